The molecule has 0 aliphatic carbocycles. The van der Waals surface area contributed by atoms with E-state index in [1.54, 1.807) is 0 Å². The third-order valence-electron chi connectivity index (χ3n) is 1.58. The molecule has 0 amide bonds. The minimum absolute atomic E-state index is 0.608. The lowest BCUT2D eigenvalue weighted by Crippen LogP contribution is -2.20. The highest BCUT2D eigenvalue weighted by molar-refractivity contribution is 4.76. The van der Waals surface area contributed by atoms with Crippen LogP contribution in [0.15, 0.2) is 12.7 Å². The van der Waals surface area contributed by atoms with Crippen LogP contribution in [0.1, 0.15) is 26.7 Å². The fourth-order valence-electron chi connectivity index (χ4n) is 0.715. The van der Waals surface area contributed by atoms with Crippen molar-refractivity contribution < 1.29 is 0 Å². The molecule has 0 saturated carbocycles. The molecule has 1 nitrogen and oxygen atoms in total. The van der Waals surface area contributed by atoms with Crippen LogP contribution in [0.3, 0.4) is 0 Å². The number of hydrogen-bond donors (Lipinski definition) is 1. The molecule has 1 atom stereocenters. The number of nitrogens with one attached hydrogen (secondary N) is 1. The lowest BCUT2D eigenvalue weighted by atomic mass is 10.2. The van der Waals surface area contributed by atoms with Gasteiger partial charge in [0, 0.05) is 6.54 Å². The Morgan fingerprint density at radius 3 is 2.80 bits per heavy atom. The monoisotopic (exact) mass is 141 g/mol. The lowest BCUT2D eigenvalue weighted by molar-refractivity contribution is 0.575. The van der Waals surface area contributed by atoms with E-state index in [-0.39, 0.29) is 0 Å². The van der Waals surface area contributed by atoms with Crippen molar-refractivity contribution in [3.05, 3.63) is 12.7 Å². The predicted molar refractivity (Wildman–Crippen MR) is 47.1 cm³/mol. The molecule has 0 fully saturated rings. The van der Waals surface area contributed by atoms with Gasteiger partial charge in [0.15, 0.2) is 0 Å². The lowest BCUT2D eigenvalue weighted by Gasteiger charge is -2.06. The summed E-state index contributed by atoms with van der Waals surface area (Å²) in [5.41, 5.74) is 0. The van der Waals surface area contributed by atoms with Gasteiger partial charge in [-0.3, -0.25) is 0 Å². The van der Waals surface area contributed by atoms with E-state index in [4.69, 9.17) is 0 Å². The second-order valence-electron chi connectivity index (χ2n) is 2.77. The fraction of sp³-hybridized carbons (Fsp3) is 0.778. The largest absolute Gasteiger partial charge is 0.316 e. The van der Waals surface area contributed by atoms with E-state index in [1.165, 1.54) is 12.8 Å². The molecule has 0 rings (SSSR count). The zero-order valence-corrected chi connectivity index (χ0v) is 7.19. The van der Waals surface area contributed by atoms with Crippen LogP contribution < -0.4 is 5.32 Å². The SMILES string of the molecule is C=CC(C)CNCCCC. The second-order valence-corrected chi connectivity index (χ2v) is 2.77. The quantitative estimate of drug-likeness (QED) is 0.441. The average molecular weight is 141 g/mol. The Bertz CT molecular complexity index is 78.8. The zero-order valence-electron chi connectivity index (χ0n) is 7.19. The standard InChI is InChI=1S/C9H19N/c1-4-6-7-10-8-9(3)5-2/h5,9-10H,2,4,6-8H2,1,3H3. The van der Waals surface area contributed by atoms with Crippen LogP contribution in [-0.2, 0) is 0 Å². The van der Waals surface area contributed by atoms with Gasteiger partial charge in [-0.15, -0.1) is 6.58 Å². The molecular weight excluding hydrogens is 122 g/mol. The van der Waals surface area contributed by atoms with Gasteiger partial charge in [0.05, 0.1) is 0 Å². The number of unbranched alkanes of at least 4 members (excludes halogenated alkanes) is 1. The predicted octanol–water partition coefficient (Wildman–Crippen LogP) is 2.20. The minimum atomic E-state index is 0.608. The van der Waals surface area contributed by atoms with Crippen molar-refractivity contribution in [1.82, 2.24) is 5.32 Å². The topological polar surface area (TPSA) is 12.0 Å². The van der Waals surface area contributed by atoms with Gasteiger partial charge in [0.25, 0.3) is 0 Å². The highest BCUT2D eigenvalue weighted by Gasteiger charge is 1.92. The molecule has 0 aliphatic rings. The maximum atomic E-state index is 3.72. The van der Waals surface area contributed by atoms with E-state index in [2.05, 4.69) is 25.7 Å². The molecule has 0 heterocycles. The first-order valence-electron chi connectivity index (χ1n) is 4.14. The summed E-state index contributed by atoms with van der Waals surface area (Å²) in [4.78, 5) is 0. The van der Waals surface area contributed by atoms with Crippen molar-refractivity contribution in [3.63, 3.8) is 0 Å². The van der Waals surface area contributed by atoms with Crippen molar-refractivity contribution in [1.29, 1.82) is 0 Å². The average Bonchev–Trinajstić information content (AvgIpc) is 1.98. The highest BCUT2D eigenvalue weighted by atomic mass is 14.8. The van der Waals surface area contributed by atoms with Gasteiger partial charge in [-0.05, 0) is 18.9 Å². The molecule has 0 bridgehead atoms. The van der Waals surface area contributed by atoms with E-state index in [0.717, 1.165) is 13.1 Å². The first-order valence-corrected chi connectivity index (χ1v) is 4.14. The highest BCUT2D eigenvalue weighted by Crippen LogP contribution is 1.91. The van der Waals surface area contributed by atoms with E-state index < -0.39 is 0 Å². The Morgan fingerprint density at radius 1 is 1.60 bits per heavy atom. The van der Waals surface area contributed by atoms with E-state index in [9.17, 15) is 0 Å². The molecule has 1 unspecified atom stereocenters. The van der Waals surface area contributed by atoms with Crippen LogP contribution in [0.4, 0.5) is 0 Å². The Hall–Kier alpha value is -0.300. The second kappa shape index (κ2) is 6.81. The molecule has 10 heavy (non-hydrogen) atoms. The number of rotatable bonds is 6. The molecule has 0 aromatic carbocycles. The molecule has 0 aromatic heterocycles. The third kappa shape index (κ3) is 5.83. The maximum absolute atomic E-state index is 3.72. The maximum Gasteiger partial charge on any atom is 0.00114 e. The van der Waals surface area contributed by atoms with Crippen LogP contribution in [-0.4, -0.2) is 13.1 Å². The van der Waals surface area contributed by atoms with E-state index in [0.29, 0.717) is 5.92 Å². The van der Waals surface area contributed by atoms with E-state index in [1.807, 2.05) is 6.08 Å². The molecule has 0 radical (unpaired) electrons. The summed E-state index contributed by atoms with van der Waals surface area (Å²) in [6.45, 7) is 10.3. The fourth-order valence-corrected chi connectivity index (χ4v) is 0.715. The third-order valence-corrected chi connectivity index (χ3v) is 1.58. The van der Waals surface area contributed by atoms with Crippen molar-refractivity contribution in [3.8, 4) is 0 Å². The molecule has 1 N–H and O–H groups in total. The van der Waals surface area contributed by atoms with Crippen molar-refractivity contribution in [2.45, 2.75) is 26.7 Å². The van der Waals surface area contributed by atoms with Crippen molar-refractivity contribution in [2.75, 3.05) is 13.1 Å². The summed E-state index contributed by atoms with van der Waals surface area (Å²) in [7, 11) is 0. The molecule has 0 aromatic rings. The normalized spacial score (nSPS) is 13.0. The van der Waals surface area contributed by atoms with Gasteiger partial charge < -0.3 is 5.32 Å². The molecular formula is C9H19N. The Balaban J connectivity index is 2.95. The van der Waals surface area contributed by atoms with Crippen molar-refractivity contribution >= 4 is 0 Å². The smallest absolute Gasteiger partial charge is 0.00114 e. The molecule has 0 aliphatic heterocycles. The van der Waals surface area contributed by atoms with Crippen LogP contribution in [0.25, 0.3) is 0 Å². The molecule has 0 spiro atoms. The summed E-state index contributed by atoms with van der Waals surface area (Å²) in [5, 5.41) is 3.37. The summed E-state index contributed by atoms with van der Waals surface area (Å²) >= 11 is 0. The first kappa shape index (κ1) is 9.70. The Kier molecular flexibility index (Phi) is 6.61. The van der Waals surface area contributed by atoms with Crippen LogP contribution >= 0.6 is 0 Å². The summed E-state index contributed by atoms with van der Waals surface area (Å²) in [5.74, 6) is 0.608. The van der Waals surface area contributed by atoms with Crippen LogP contribution in [0.2, 0.25) is 0 Å². The van der Waals surface area contributed by atoms with Gasteiger partial charge in [0.1, 0.15) is 0 Å². The molecule has 1 heteroatoms. The van der Waals surface area contributed by atoms with Crippen LogP contribution in [0, 0.1) is 5.92 Å². The first-order chi connectivity index (χ1) is 4.81. The summed E-state index contributed by atoms with van der Waals surface area (Å²) in [6.07, 6.45) is 4.54. The summed E-state index contributed by atoms with van der Waals surface area (Å²) < 4.78 is 0. The summed E-state index contributed by atoms with van der Waals surface area (Å²) in [6, 6.07) is 0. The minimum Gasteiger partial charge on any atom is -0.316 e. The van der Waals surface area contributed by atoms with Gasteiger partial charge in [-0.25, -0.2) is 0 Å². The van der Waals surface area contributed by atoms with Gasteiger partial charge in [-0.2, -0.15) is 0 Å². The van der Waals surface area contributed by atoms with E-state index >= 15 is 0 Å². The zero-order chi connectivity index (χ0) is 7.82. The van der Waals surface area contributed by atoms with Gasteiger partial charge in [0.2, 0.25) is 0 Å². The number of hydrogen-bond acceptors (Lipinski definition) is 1. The Labute approximate surface area is 64.5 Å². The van der Waals surface area contributed by atoms with Crippen molar-refractivity contribution in [2.24, 2.45) is 5.92 Å². The molecule has 60 valence electrons. The van der Waals surface area contributed by atoms with Gasteiger partial charge in [-0.1, -0.05) is 26.3 Å². The molecule has 0 saturated heterocycles. The Morgan fingerprint density at radius 2 is 2.30 bits per heavy atom. The van der Waals surface area contributed by atoms with Gasteiger partial charge >= 0.3 is 0 Å². The van der Waals surface area contributed by atoms with Crippen LogP contribution in [0.5, 0.6) is 0 Å².